The largest absolute Gasteiger partial charge is 0.497 e. The van der Waals surface area contributed by atoms with Gasteiger partial charge in [0.15, 0.2) is 0 Å². The summed E-state index contributed by atoms with van der Waals surface area (Å²) in [5.41, 5.74) is 0.384. The average molecular weight is 374 g/mol. The lowest BCUT2D eigenvalue weighted by Gasteiger charge is -2.45. The van der Waals surface area contributed by atoms with E-state index in [1.54, 1.807) is 24.0 Å². The lowest BCUT2D eigenvalue weighted by atomic mass is 9.77. The number of piperidine rings is 1. The Morgan fingerprint density at radius 1 is 1.30 bits per heavy atom. The predicted molar refractivity (Wildman–Crippen MR) is 98.4 cm³/mol. The normalized spacial score (nSPS) is 21.6. The summed E-state index contributed by atoms with van der Waals surface area (Å²) in [5, 5.41) is 9.52. The molecule has 0 radical (unpaired) electrons. The smallest absolute Gasteiger partial charge is 0.309 e. The minimum atomic E-state index is -0.925. The van der Waals surface area contributed by atoms with E-state index in [0.29, 0.717) is 38.8 Å². The van der Waals surface area contributed by atoms with Crippen LogP contribution in [0.3, 0.4) is 0 Å². The summed E-state index contributed by atoms with van der Waals surface area (Å²) >= 11 is 0. The topological polar surface area (TPSA) is 87.1 Å². The van der Waals surface area contributed by atoms with Crippen molar-refractivity contribution in [1.82, 2.24) is 9.80 Å². The molecule has 27 heavy (non-hydrogen) atoms. The number of aryl methyl sites for hydroxylation is 1. The molecule has 0 aromatic heterocycles. The molecule has 0 unspecified atom stereocenters. The van der Waals surface area contributed by atoms with E-state index in [1.807, 2.05) is 24.3 Å². The van der Waals surface area contributed by atoms with E-state index in [-0.39, 0.29) is 18.2 Å². The molecule has 0 saturated carbocycles. The maximum Gasteiger partial charge on any atom is 0.309 e. The first-order chi connectivity index (χ1) is 12.9. The molecule has 2 saturated heterocycles. The Hall–Kier alpha value is -2.57. The lowest BCUT2D eigenvalue weighted by Crippen LogP contribution is -2.57. The summed E-state index contributed by atoms with van der Waals surface area (Å²) in [5.74, 6) is -0.908. The molecular formula is C20H26N2O5. The molecular weight excluding hydrogens is 348 g/mol. The van der Waals surface area contributed by atoms with Gasteiger partial charge in [-0.15, -0.1) is 0 Å². The fraction of sp³-hybridized carbons (Fsp3) is 0.550. The van der Waals surface area contributed by atoms with E-state index in [4.69, 9.17) is 4.74 Å². The molecule has 0 aliphatic carbocycles. The Balaban J connectivity index is 1.59. The van der Waals surface area contributed by atoms with Gasteiger partial charge in [0.25, 0.3) is 0 Å². The van der Waals surface area contributed by atoms with Gasteiger partial charge in [-0.1, -0.05) is 12.1 Å². The first-order valence-corrected chi connectivity index (χ1v) is 9.27. The van der Waals surface area contributed by atoms with Gasteiger partial charge < -0.3 is 19.6 Å². The van der Waals surface area contributed by atoms with E-state index in [0.717, 1.165) is 11.3 Å². The van der Waals surface area contributed by atoms with Crippen LogP contribution in [-0.2, 0) is 20.8 Å². The highest BCUT2D eigenvalue weighted by Crippen LogP contribution is 2.42. The van der Waals surface area contributed by atoms with Crippen LogP contribution in [0.5, 0.6) is 5.75 Å². The van der Waals surface area contributed by atoms with Crippen LogP contribution < -0.4 is 4.74 Å². The number of hydrogen-bond donors (Lipinski definition) is 1. The van der Waals surface area contributed by atoms with Gasteiger partial charge in [0, 0.05) is 33.0 Å². The van der Waals surface area contributed by atoms with E-state index in [2.05, 4.69) is 0 Å². The zero-order chi connectivity index (χ0) is 19.6. The van der Waals surface area contributed by atoms with Crippen molar-refractivity contribution in [2.24, 2.45) is 5.92 Å². The summed E-state index contributed by atoms with van der Waals surface area (Å²) in [7, 11) is 3.30. The van der Waals surface area contributed by atoms with Crippen LogP contribution >= 0.6 is 0 Å². The summed E-state index contributed by atoms with van der Waals surface area (Å²) in [4.78, 5) is 39.7. The molecule has 2 aliphatic heterocycles. The molecule has 1 atom stereocenters. The van der Waals surface area contributed by atoms with Crippen LogP contribution in [0.15, 0.2) is 24.3 Å². The van der Waals surface area contributed by atoms with Gasteiger partial charge in [-0.25, -0.2) is 0 Å². The molecule has 7 heteroatoms. The Labute approximate surface area is 158 Å². The number of ether oxygens (including phenoxy) is 1. The highest BCUT2D eigenvalue weighted by molar-refractivity contribution is 5.88. The third kappa shape index (κ3) is 3.63. The number of aliphatic carboxylic acids is 1. The Morgan fingerprint density at radius 3 is 2.63 bits per heavy atom. The standard InChI is InChI=1S/C20H26N2O5/c1-21-18(24)13-16(19(25)26)20(21)8-10-22(11-9-20)17(23)7-6-14-4-3-5-15(12-14)27-2/h3-5,12,16H,6-11,13H2,1-2H3,(H,25,26)/t16-/m0/s1. The maximum absolute atomic E-state index is 12.6. The SMILES string of the molecule is COc1cccc(CCC(=O)N2CCC3(CC2)[C@H](C(=O)O)CC(=O)N3C)c1. The third-order valence-corrected chi connectivity index (χ3v) is 6.11. The first-order valence-electron chi connectivity index (χ1n) is 9.27. The summed E-state index contributed by atoms with van der Waals surface area (Å²) in [6.07, 6.45) is 2.11. The van der Waals surface area contributed by atoms with E-state index in [1.165, 1.54) is 0 Å². The van der Waals surface area contributed by atoms with E-state index < -0.39 is 17.4 Å². The van der Waals surface area contributed by atoms with Crippen molar-refractivity contribution in [3.05, 3.63) is 29.8 Å². The third-order valence-electron chi connectivity index (χ3n) is 6.11. The zero-order valence-electron chi connectivity index (χ0n) is 15.8. The van der Waals surface area contributed by atoms with Crippen LogP contribution in [0.4, 0.5) is 0 Å². The number of nitrogens with zero attached hydrogens (tertiary/aromatic N) is 2. The number of likely N-dealkylation sites (tertiary alicyclic amines) is 2. The van der Waals surface area contributed by atoms with Gasteiger partial charge in [-0.05, 0) is 37.0 Å². The van der Waals surface area contributed by atoms with Crippen molar-refractivity contribution >= 4 is 17.8 Å². The number of methoxy groups -OCH3 is 1. The summed E-state index contributed by atoms with van der Waals surface area (Å²) in [6, 6.07) is 7.67. The molecule has 3 rings (SSSR count). The molecule has 1 aromatic rings. The molecule has 146 valence electrons. The van der Waals surface area contributed by atoms with E-state index >= 15 is 0 Å². The number of carbonyl (C=O) groups excluding carboxylic acids is 2. The number of benzene rings is 1. The minimum Gasteiger partial charge on any atom is -0.497 e. The Bertz CT molecular complexity index is 740. The fourth-order valence-electron chi connectivity index (χ4n) is 4.37. The van der Waals surface area contributed by atoms with Crippen molar-refractivity contribution < 1.29 is 24.2 Å². The zero-order valence-corrected chi connectivity index (χ0v) is 15.8. The van der Waals surface area contributed by atoms with Crippen molar-refractivity contribution in [2.45, 2.75) is 37.6 Å². The summed E-state index contributed by atoms with van der Waals surface area (Å²) in [6.45, 7) is 0.969. The van der Waals surface area contributed by atoms with Gasteiger partial charge in [-0.2, -0.15) is 0 Å². The average Bonchev–Trinajstić information content (AvgIpc) is 2.92. The van der Waals surface area contributed by atoms with Crippen LogP contribution in [-0.4, -0.2) is 65.5 Å². The summed E-state index contributed by atoms with van der Waals surface area (Å²) < 4.78 is 5.20. The fourth-order valence-corrected chi connectivity index (χ4v) is 4.37. The second kappa shape index (κ2) is 7.58. The highest BCUT2D eigenvalue weighted by atomic mass is 16.5. The number of hydrogen-bond acceptors (Lipinski definition) is 4. The maximum atomic E-state index is 12.6. The molecule has 1 N–H and O–H groups in total. The predicted octanol–water partition coefficient (Wildman–Crippen LogP) is 1.55. The van der Waals surface area contributed by atoms with Gasteiger partial charge >= 0.3 is 5.97 Å². The van der Waals surface area contributed by atoms with Gasteiger partial charge in [0.2, 0.25) is 11.8 Å². The van der Waals surface area contributed by atoms with Crippen LogP contribution in [0.2, 0.25) is 0 Å². The number of carboxylic acid groups (broad SMARTS) is 1. The van der Waals surface area contributed by atoms with Crippen molar-refractivity contribution in [3.8, 4) is 5.75 Å². The molecule has 2 heterocycles. The highest BCUT2D eigenvalue weighted by Gasteiger charge is 2.55. The molecule has 0 bridgehead atoms. The van der Waals surface area contributed by atoms with Gasteiger partial charge in [-0.3, -0.25) is 14.4 Å². The number of amides is 2. The molecule has 1 spiro atoms. The van der Waals surface area contributed by atoms with Crippen LogP contribution in [0.1, 0.15) is 31.2 Å². The number of carbonyl (C=O) groups is 3. The molecule has 2 aliphatic rings. The first kappa shape index (κ1) is 19.2. The second-order valence-corrected chi connectivity index (χ2v) is 7.38. The molecule has 7 nitrogen and oxygen atoms in total. The van der Waals surface area contributed by atoms with Crippen LogP contribution in [0.25, 0.3) is 0 Å². The Kier molecular flexibility index (Phi) is 5.39. The van der Waals surface area contributed by atoms with Gasteiger partial charge in [0.05, 0.1) is 18.6 Å². The number of carboxylic acids is 1. The molecule has 1 aromatic carbocycles. The Morgan fingerprint density at radius 2 is 2.00 bits per heavy atom. The van der Waals surface area contributed by atoms with Crippen molar-refractivity contribution in [2.75, 3.05) is 27.2 Å². The van der Waals surface area contributed by atoms with Crippen molar-refractivity contribution in [3.63, 3.8) is 0 Å². The second-order valence-electron chi connectivity index (χ2n) is 7.38. The minimum absolute atomic E-state index is 0.0512. The van der Waals surface area contributed by atoms with Gasteiger partial charge in [0.1, 0.15) is 5.75 Å². The van der Waals surface area contributed by atoms with Crippen molar-refractivity contribution in [1.29, 1.82) is 0 Å². The molecule has 2 amide bonds. The molecule has 2 fully saturated rings. The lowest BCUT2D eigenvalue weighted by molar-refractivity contribution is -0.147. The van der Waals surface area contributed by atoms with E-state index in [9.17, 15) is 19.5 Å². The number of rotatable bonds is 5. The quantitative estimate of drug-likeness (QED) is 0.845. The van der Waals surface area contributed by atoms with Crippen LogP contribution in [0, 0.1) is 5.92 Å². The monoisotopic (exact) mass is 374 g/mol.